The molecule has 1 N–H and O–H groups in total. The van der Waals surface area contributed by atoms with Gasteiger partial charge in [0.2, 0.25) is 0 Å². The summed E-state index contributed by atoms with van der Waals surface area (Å²) in [5, 5.41) is 3.50. The lowest BCUT2D eigenvalue weighted by Gasteiger charge is -2.38. The molecule has 116 valence electrons. The predicted molar refractivity (Wildman–Crippen MR) is 82.8 cm³/mol. The fourth-order valence-corrected chi connectivity index (χ4v) is 3.41. The van der Waals surface area contributed by atoms with Crippen molar-refractivity contribution in [2.75, 3.05) is 6.61 Å². The molecule has 21 heavy (non-hydrogen) atoms. The summed E-state index contributed by atoms with van der Waals surface area (Å²) in [5.41, 5.74) is 0.913. The molecule has 0 aliphatic heterocycles. The number of hydrogen-bond acceptors (Lipinski definition) is 4. The molecule has 1 heterocycles. The van der Waals surface area contributed by atoms with Crippen LogP contribution in [0.1, 0.15) is 63.8 Å². The standard InChI is InChI=1S/C17H27N3O/c1-3-21-17(8-4-5-13(2)9-17)16-19-11-14(12-20-16)10-18-15-6-7-15/h11-13,15,18H,3-10H2,1-2H3. The second-order valence-corrected chi connectivity index (χ2v) is 6.70. The van der Waals surface area contributed by atoms with Crippen LogP contribution in [0.3, 0.4) is 0 Å². The van der Waals surface area contributed by atoms with Crippen molar-refractivity contribution in [3.63, 3.8) is 0 Å². The normalized spacial score (nSPS) is 29.5. The molecule has 2 unspecified atom stereocenters. The number of nitrogens with zero attached hydrogens (tertiary/aromatic N) is 2. The Morgan fingerprint density at radius 1 is 1.29 bits per heavy atom. The van der Waals surface area contributed by atoms with E-state index in [2.05, 4.69) is 29.1 Å². The van der Waals surface area contributed by atoms with Crippen molar-refractivity contribution >= 4 is 0 Å². The first kappa shape index (κ1) is 14.9. The number of hydrogen-bond donors (Lipinski definition) is 1. The van der Waals surface area contributed by atoms with E-state index in [1.165, 1.54) is 31.2 Å². The molecule has 2 aliphatic rings. The third-order valence-corrected chi connectivity index (χ3v) is 4.66. The quantitative estimate of drug-likeness (QED) is 0.874. The summed E-state index contributed by atoms with van der Waals surface area (Å²) in [7, 11) is 0. The summed E-state index contributed by atoms with van der Waals surface area (Å²) >= 11 is 0. The van der Waals surface area contributed by atoms with Gasteiger partial charge in [-0.1, -0.05) is 13.3 Å². The maximum absolute atomic E-state index is 6.13. The molecule has 0 radical (unpaired) electrons. The molecule has 1 aromatic rings. The van der Waals surface area contributed by atoms with Gasteiger partial charge in [-0.25, -0.2) is 9.97 Å². The molecular weight excluding hydrogens is 262 g/mol. The summed E-state index contributed by atoms with van der Waals surface area (Å²) in [6, 6.07) is 0.721. The average molecular weight is 289 g/mol. The zero-order valence-electron chi connectivity index (χ0n) is 13.3. The molecule has 0 spiro atoms. The summed E-state index contributed by atoms with van der Waals surface area (Å²) in [4.78, 5) is 9.30. The van der Waals surface area contributed by atoms with Crippen LogP contribution < -0.4 is 5.32 Å². The van der Waals surface area contributed by atoms with Crippen molar-refractivity contribution in [1.29, 1.82) is 0 Å². The number of rotatable bonds is 6. The summed E-state index contributed by atoms with van der Waals surface area (Å²) in [5.74, 6) is 1.57. The fourth-order valence-electron chi connectivity index (χ4n) is 3.41. The van der Waals surface area contributed by atoms with Crippen LogP contribution >= 0.6 is 0 Å². The molecule has 0 amide bonds. The minimum atomic E-state index is -0.255. The van der Waals surface area contributed by atoms with E-state index in [1.807, 2.05) is 12.4 Å². The minimum Gasteiger partial charge on any atom is -0.367 e. The van der Waals surface area contributed by atoms with Crippen LogP contribution in [0.25, 0.3) is 0 Å². The van der Waals surface area contributed by atoms with Crippen molar-refractivity contribution in [1.82, 2.24) is 15.3 Å². The third-order valence-electron chi connectivity index (χ3n) is 4.66. The van der Waals surface area contributed by atoms with Gasteiger partial charge in [0.25, 0.3) is 0 Å². The Balaban J connectivity index is 1.72. The first-order valence-electron chi connectivity index (χ1n) is 8.40. The Labute approximate surface area is 127 Å². The van der Waals surface area contributed by atoms with Crippen LogP contribution in [-0.4, -0.2) is 22.6 Å². The fraction of sp³-hybridized carbons (Fsp3) is 0.765. The van der Waals surface area contributed by atoms with E-state index in [4.69, 9.17) is 4.74 Å². The van der Waals surface area contributed by atoms with Crippen LogP contribution in [0.15, 0.2) is 12.4 Å². The molecule has 2 aliphatic carbocycles. The summed E-state index contributed by atoms with van der Waals surface area (Å²) in [6.07, 6.45) is 11.1. The minimum absolute atomic E-state index is 0.255. The highest BCUT2D eigenvalue weighted by atomic mass is 16.5. The molecule has 4 heteroatoms. The molecule has 2 fully saturated rings. The maximum Gasteiger partial charge on any atom is 0.160 e. The molecular formula is C17H27N3O. The topological polar surface area (TPSA) is 47.0 Å². The van der Waals surface area contributed by atoms with E-state index in [0.29, 0.717) is 5.92 Å². The van der Waals surface area contributed by atoms with Gasteiger partial charge in [-0.15, -0.1) is 0 Å². The Morgan fingerprint density at radius 2 is 2.05 bits per heavy atom. The van der Waals surface area contributed by atoms with Crippen molar-refractivity contribution < 1.29 is 4.74 Å². The summed E-state index contributed by atoms with van der Waals surface area (Å²) < 4.78 is 6.13. The molecule has 3 rings (SSSR count). The van der Waals surface area contributed by atoms with Gasteiger partial charge in [-0.3, -0.25) is 0 Å². The number of aromatic nitrogens is 2. The van der Waals surface area contributed by atoms with Crippen molar-refractivity contribution in [3.05, 3.63) is 23.8 Å². The van der Waals surface area contributed by atoms with Gasteiger partial charge in [0.15, 0.2) is 5.82 Å². The highest BCUT2D eigenvalue weighted by molar-refractivity contribution is 5.11. The average Bonchev–Trinajstić information content (AvgIpc) is 3.30. The Hall–Kier alpha value is -1.00. The van der Waals surface area contributed by atoms with Gasteiger partial charge >= 0.3 is 0 Å². The highest BCUT2D eigenvalue weighted by Crippen LogP contribution is 2.41. The lowest BCUT2D eigenvalue weighted by Crippen LogP contribution is -2.37. The van der Waals surface area contributed by atoms with Gasteiger partial charge in [0.1, 0.15) is 5.60 Å². The maximum atomic E-state index is 6.13. The largest absolute Gasteiger partial charge is 0.367 e. The third kappa shape index (κ3) is 3.61. The van der Waals surface area contributed by atoms with Crippen LogP contribution in [0, 0.1) is 5.92 Å². The Morgan fingerprint density at radius 3 is 2.67 bits per heavy atom. The van der Waals surface area contributed by atoms with E-state index in [0.717, 1.165) is 37.9 Å². The lowest BCUT2D eigenvalue weighted by atomic mass is 9.78. The van der Waals surface area contributed by atoms with E-state index in [9.17, 15) is 0 Å². The second-order valence-electron chi connectivity index (χ2n) is 6.70. The van der Waals surface area contributed by atoms with E-state index in [1.54, 1.807) is 0 Å². The zero-order valence-corrected chi connectivity index (χ0v) is 13.3. The monoisotopic (exact) mass is 289 g/mol. The highest BCUT2D eigenvalue weighted by Gasteiger charge is 2.39. The van der Waals surface area contributed by atoms with Crippen LogP contribution in [0.2, 0.25) is 0 Å². The van der Waals surface area contributed by atoms with Gasteiger partial charge in [-0.2, -0.15) is 0 Å². The van der Waals surface area contributed by atoms with E-state index in [-0.39, 0.29) is 5.60 Å². The van der Waals surface area contributed by atoms with Crippen LogP contribution in [-0.2, 0) is 16.9 Å². The van der Waals surface area contributed by atoms with Crippen molar-refractivity contribution in [2.24, 2.45) is 5.92 Å². The second kappa shape index (κ2) is 6.41. The van der Waals surface area contributed by atoms with Gasteiger partial charge in [0, 0.05) is 37.2 Å². The van der Waals surface area contributed by atoms with E-state index >= 15 is 0 Å². The molecule has 2 saturated carbocycles. The first-order valence-corrected chi connectivity index (χ1v) is 8.40. The van der Waals surface area contributed by atoms with Gasteiger partial charge in [-0.05, 0) is 44.9 Å². The smallest absolute Gasteiger partial charge is 0.160 e. The Bertz CT molecular complexity index is 454. The predicted octanol–water partition coefficient (Wildman–Crippen LogP) is 3.17. The van der Waals surface area contributed by atoms with Gasteiger partial charge < -0.3 is 10.1 Å². The van der Waals surface area contributed by atoms with E-state index < -0.39 is 0 Å². The molecule has 0 saturated heterocycles. The molecule has 4 nitrogen and oxygen atoms in total. The molecule has 1 aromatic heterocycles. The van der Waals surface area contributed by atoms with Crippen LogP contribution in [0.4, 0.5) is 0 Å². The van der Waals surface area contributed by atoms with Gasteiger partial charge in [0.05, 0.1) is 0 Å². The SMILES string of the molecule is CCOC1(c2ncc(CNC3CC3)cn2)CCCC(C)C1. The van der Waals surface area contributed by atoms with Crippen LogP contribution in [0.5, 0.6) is 0 Å². The summed E-state index contributed by atoms with van der Waals surface area (Å²) in [6.45, 7) is 5.97. The number of ether oxygens (including phenoxy) is 1. The lowest BCUT2D eigenvalue weighted by molar-refractivity contribution is -0.0881. The Kier molecular flexibility index (Phi) is 4.55. The number of nitrogens with one attached hydrogen (secondary N) is 1. The molecule has 0 aromatic carbocycles. The van der Waals surface area contributed by atoms with Crippen molar-refractivity contribution in [3.8, 4) is 0 Å². The molecule has 0 bridgehead atoms. The first-order chi connectivity index (χ1) is 10.2. The molecule has 2 atom stereocenters. The zero-order chi connectivity index (χ0) is 14.7. The van der Waals surface area contributed by atoms with Crippen molar-refractivity contribution in [2.45, 2.75) is 70.6 Å².